The molecule has 0 aliphatic rings. The number of carbonyl (C=O) groups excluding carboxylic acids is 1. The number of amides is 1. The molecule has 4 nitrogen and oxygen atoms in total. The molecular weight excluding hydrogens is 293 g/mol. The van der Waals surface area contributed by atoms with E-state index in [0.717, 1.165) is 0 Å². The van der Waals surface area contributed by atoms with Crippen molar-refractivity contribution in [2.24, 2.45) is 0 Å². The molecule has 0 saturated carbocycles. The van der Waals surface area contributed by atoms with Gasteiger partial charge >= 0.3 is 5.97 Å². The molecule has 1 amide bonds. The number of rotatable bonds is 5. The number of benzene rings is 1. The highest BCUT2D eigenvalue weighted by Crippen LogP contribution is 2.19. The number of hydrogen-bond donors (Lipinski definition) is 2. The molecule has 1 aromatic carbocycles. The van der Waals surface area contributed by atoms with Crippen molar-refractivity contribution in [3.63, 3.8) is 0 Å². The second-order valence-electron chi connectivity index (χ2n) is 4.18. The van der Waals surface area contributed by atoms with Gasteiger partial charge < -0.3 is 10.4 Å². The molecule has 1 atom stereocenters. The minimum Gasteiger partial charge on any atom is -0.479 e. The molecule has 21 heavy (non-hydrogen) atoms. The first kappa shape index (κ1) is 14.9. The van der Waals surface area contributed by atoms with Gasteiger partial charge in [0.25, 0.3) is 0 Å². The van der Waals surface area contributed by atoms with Gasteiger partial charge in [0, 0.05) is 11.0 Å². The van der Waals surface area contributed by atoms with Crippen LogP contribution in [0.15, 0.2) is 47.9 Å². The quantitative estimate of drug-likeness (QED) is 0.835. The normalized spacial score (nSPS) is 12.2. The van der Waals surface area contributed by atoms with E-state index in [1.807, 2.05) is 0 Å². The lowest BCUT2D eigenvalue weighted by Gasteiger charge is -2.11. The maximum absolute atomic E-state index is 13.0. The molecule has 0 fully saturated rings. The predicted octanol–water partition coefficient (Wildman–Crippen LogP) is 2.84. The van der Waals surface area contributed by atoms with Gasteiger partial charge in [-0.15, -0.1) is 11.3 Å². The van der Waals surface area contributed by atoms with E-state index in [9.17, 15) is 14.0 Å². The summed E-state index contributed by atoms with van der Waals surface area (Å²) in [6.07, 6.45) is 2.60. The summed E-state index contributed by atoms with van der Waals surface area (Å²) < 4.78 is 13.0. The number of carboxylic acids is 1. The zero-order valence-electron chi connectivity index (χ0n) is 10.8. The third-order valence-electron chi connectivity index (χ3n) is 2.64. The Hall–Kier alpha value is -2.47. The molecule has 0 spiro atoms. The van der Waals surface area contributed by atoms with E-state index >= 15 is 0 Å². The van der Waals surface area contributed by atoms with Crippen molar-refractivity contribution in [1.82, 2.24) is 5.32 Å². The van der Waals surface area contributed by atoms with Gasteiger partial charge in [-0.25, -0.2) is 9.18 Å². The first-order chi connectivity index (χ1) is 10.1. The first-order valence-electron chi connectivity index (χ1n) is 6.06. The minimum atomic E-state index is -1.13. The minimum absolute atomic E-state index is 0.403. The number of hydrogen-bond acceptors (Lipinski definition) is 3. The van der Waals surface area contributed by atoms with Crippen LogP contribution in [0, 0.1) is 5.82 Å². The average Bonchev–Trinajstić information content (AvgIpc) is 2.96. The fraction of sp³-hybridized carbons (Fsp3) is 0.0667. The summed E-state index contributed by atoms with van der Waals surface area (Å²) in [7, 11) is 0. The highest BCUT2D eigenvalue weighted by atomic mass is 32.1. The monoisotopic (exact) mass is 305 g/mol. The molecule has 0 bridgehead atoms. The Morgan fingerprint density at radius 3 is 2.71 bits per heavy atom. The standard InChI is InChI=1S/C15H12FNO3S/c16-11-4-1-3-10(9-11)6-7-13(18)17-14(15(19)20)12-5-2-8-21-12/h1-9,14H,(H,17,18)(H,19,20)/b7-6+. The molecular formula is C15H12FNO3S. The van der Waals surface area contributed by atoms with E-state index in [2.05, 4.69) is 5.32 Å². The highest BCUT2D eigenvalue weighted by molar-refractivity contribution is 7.10. The first-order valence-corrected chi connectivity index (χ1v) is 6.94. The fourth-order valence-electron chi connectivity index (χ4n) is 1.68. The molecule has 0 aliphatic heterocycles. The summed E-state index contributed by atoms with van der Waals surface area (Å²) in [6.45, 7) is 0. The average molecular weight is 305 g/mol. The van der Waals surface area contributed by atoms with E-state index in [1.165, 1.54) is 41.7 Å². The molecule has 0 aliphatic carbocycles. The van der Waals surface area contributed by atoms with Crippen LogP contribution >= 0.6 is 11.3 Å². The maximum atomic E-state index is 13.0. The van der Waals surface area contributed by atoms with Crippen LogP contribution in [0.4, 0.5) is 4.39 Å². The number of nitrogens with one attached hydrogen (secondary N) is 1. The summed E-state index contributed by atoms with van der Waals surface area (Å²) in [5.74, 6) is -2.09. The molecule has 2 aromatic rings. The number of carboxylic acid groups (broad SMARTS) is 1. The van der Waals surface area contributed by atoms with Gasteiger partial charge in [-0.05, 0) is 35.2 Å². The summed E-state index contributed by atoms with van der Waals surface area (Å²) in [4.78, 5) is 23.5. The second kappa shape index (κ2) is 6.81. The number of aliphatic carboxylic acids is 1. The van der Waals surface area contributed by atoms with Gasteiger partial charge in [-0.1, -0.05) is 18.2 Å². The van der Waals surface area contributed by atoms with Crippen LogP contribution in [0.3, 0.4) is 0 Å². The van der Waals surface area contributed by atoms with Crippen molar-refractivity contribution < 1.29 is 19.1 Å². The Balaban J connectivity index is 2.05. The zero-order chi connectivity index (χ0) is 15.2. The van der Waals surface area contributed by atoms with Gasteiger partial charge in [0.1, 0.15) is 5.82 Å². The molecule has 0 radical (unpaired) electrons. The molecule has 2 rings (SSSR count). The van der Waals surface area contributed by atoms with Crippen LogP contribution < -0.4 is 5.32 Å². The van der Waals surface area contributed by atoms with Gasteiger partial charge in [-0.3, -0.25) is 4.79 Å². The lowest BCUT2D eigenvalue weighted by atomic mass is 10.2. The third kappa shape index (κ3) is 4.25. The highest BCUT2D eigenvalue weighted by Gasteiger charge is 2.21. The Morgan fingerprint density at radius 2 is 2.10 bits per heavy atom. The van der Waals surface area contributed by atoms with Crippen LogP contribution in [0.2, 0.25) is 0 Å². The van der Waals surface area contributed by atoms with Crippen molar-refractivity contribution in [1.29, 1.82) is 0 Å². The molecule has 1 heterocycles. The Kier molecular flexibility index (Phi) is 4.84. The van der Waals surface area contributed by atoms with Crippen LogP contribution in [0.1, 0.15) is 16.5 Å². The topological polar surface area (TPSA) is 66.4 Å². The van der Waals surface area contributed by atoms with Gasteiger partial charge in [0.05, 0.1) is 0 Å². The van der Waals surface area contributed by atoms with Crippen molar-refractivity contribution in [2.75, 3.05) is 0 Å². The van der Waals surface area contributed by atoms with Crippen LogP contribution in [0.5, 0.6) is 0 Å². The predicted molar refractivity (Wildman–Crippen MR) is 78.3 cm³/mol. The Labute approximate surface area is 124 Å². The molecule has 108 valence electrons. The van der Waals surface area contributed by atoms with E-state index in [0.29, 0.717) is 10.4 Å². The van der Waals surface area contributed by atoms with E-state index in [1.54, 1.807) is 23.6 Å². The van der Waals surface area contributed by atoms with Gasteiger partial charge in [0.15, 0.2) is 6.04 Å². The summed E-state index contributed by atoms with van der Waals surface area (Å²) >= 11 is 1.25. The van der Waals surface area contributed by atoms with E-state index in [4.69, 9.17) is 5.11 Å². The molecule has 2 N–H and O–H groups in total. The Bertz CT molecular complexity index is 667. The lowest BCUT2D eigenvalue weighted by molar-refractivity contribution is -0.141. The summed E-state index contributed by atoms with van der Waals surface area (Å²) in [5.41, 5.74) is 0.521. The largest absolute Gasteiger partial charge is 0.479 e. The number of thiophene rings is 1. The molecule has 1 aromatic heterocycles. The van der Waals surface area contributed by atoms with Gasteiger partial charge in [0.2, 0.25) is 5.91 Å². The van der Waals surface area contributed by atoms with Crippen LogP contribution in [0.25, 0.3) is 6.08 Å². The number of halogens is 1. The summed E-state index contributed by atoms with van der Waals surface area (Å²) in [5, 5.41) is 13.3. The fourth-order valence-corrected chi connectivity index (χ4v) is 2.45. The van der Waals surface area contributed by atoms with Crippen LogP contribution in [-0.4, -0.2) is 17.0 Å². The lowest BCUT2D eigenvalue weighted by Crippen LogP contribution is -2.31. The Morgan fingerprint density at radius 1 is 1.29 bits per heavy atom. The van der Waals surface area contributed by atoms with Crippen molar-refractivity contribution in [3.8, 4) is 0 Å². The SMILES string of the molecule is O=C(/C=C/c1cccc(F)c1)NC(C(=O)O)c1cccs1. The maximum Gasteiger partial charge on any atom is 0.331 e. The van der Waals surface area contributed by atoms with Crippen molar-refractivity contribution >= 4 is 29.3 Å². The third-order valence-corrected chi connectivity index (χ3v) is 3.57. The van der Waals surface area contributed by atoms with Crippen molar-refractivity contribution in [3.05, 3.63) is 64.1 Å². The zero-order valence-corrected chi connectivity index (χ0v) is 11.6. The van der Waals surface area contributed by atoms with Gasteiger partial charge in [-0.2, -0.15) is 0 Å². The van der Waals surface area contributed by atoms with E-state index in [-0.39, 0.29) is 0 Å². The molecule has 0 saturated heterocycles. The smallest absolute Gasteiger partial charge is 0.331 e. The van der Waals surface area contributed by atoms with E-state index < -0.39 is 23.7 Å². The molecule has 6 heteroatoms. The summed E-state index contributed by atoms with van der Waals surface area (Å²) in [6, 6.07) is 8.01. The number of carbonyl (C=O) groups is 2. The van der Waals surface area contributed by atoms with Crippen LogP contribution in [-0.2, 0) is 9.59 Å². The second-order valence-corrected chi connectivity index (χ2v) is 5.16. The van der Waals surface area contributed by atoms with Crippen molar-refractivity contribution in [2.45, 2.75) is 6.04 Å². The molecule has 1 unspecified atom stereocenters.